The average Bonchev–Trinajstić information content (AvgIpc) is 2.89. The maximum absolute atomic E-state index is 12.9. The van der Waals surface area contributed by atoms with Crippen molar-refractivity contribution in [3.8, 4) is 0 Å². The maximum Gasteiger partial charge on any atom is 0.256 e. The van der Waals surface area contributed by atoms with E-state index in [0.717, 1.165) is 10.4 Å². The van der Waals surface area contributed by atoms with E-state index in [1.165, 1.54) is 11.3 Å². The summed E-state index contributed by atoms with van der Waals surface area (Å²) in [6.45, 7) is 3.88. The highest BCUT2D eigenvalue weighted by Gasteiger charge is 2.22. The van der Waals surface area contributed by atoms with E-state index < -0.39 is 0 Å². The Labute approximate surface area is 145 Å². The summed E-state index contributed by atoms with van der Waals surface area (Å²) in [5, 5.41) is 3.50. The SMILES string of the molecule is Cc1sc(NC(=O)c2ccccc2)c(C(=O)c2ccccc2)c1C. The van der Waals surface area contributed by atoms with Crippen molar-refractivity contribution >= 4 is 28.0 Å². The Bertz CT molecular complexity index is 883. The largest absolute Gasteiger partial charge is 0.313 e. The Morgan fingerprint density at radius 3 is 1.96 bits per heavy atom. The highest BCUT2D eigenvalue weighted by Crippen LogP contribution is 2.34. The van der Waals surface area contributed by atoms with Gasteiger partial charge in [-0.1, -0.05) is 48.5 Å². The third kappa shape index (κ3) is 3.14. The van der Waals surface area contributed by atoms with Crippen molar-refractivity contribution in [2.45, 2.75) is 13.8 Å². The fourth-order valence-corrected chi connectivity index (χ4v) is 3.54. The van der Waals surface area contributed by atoms with Crippen molar-refractivity contribution in [1.82, 2.24) is 0 Å². The Morgan fingerprint density at radius 1 is 0.833 bits per heavy atom. The number of anilines is 1. The molecule has 1 N–H and O–H groups in total. The average molecular weight is 335 g/mol. The van der Waals surface area contributed by atoms with Crippen molar-refractivity contribution in [3.05, 3.63) is 87.8 Å². The van der Waals surface area contributed by atoms with E-state index in [4.69, 9.17) is 0 Å². The normalized spacial score (nSPS) is 10.4. The highest BCUT2D eigenvalue weighted by atomic mass is 32.1. The van der Waals surface area contributed by atoms with Gasteiger partial charge in [-0.15, -0.1) is 11.3 Å². The number of thiophene rings is 1. The summed E-state index contributed by atoms with van der Waals surface area (Å²) in [6, 6.07) is 18.1. The molecule has 2 aromatic carbocycles. The van der Waals surface area contributed by atoms with E-state index in [9.17, 15) is 9.59 Å². The third-order valence-electron chi connectivity index (χ3n) is 3.91. The van der Waals surface area contributed by atoms with Crippen LogP contribution in [0.1, 0.15) is 36.7 Å². The first-order valence-corrected chi connectivity index (χ1v) is 8.45. The molecule has 0 radical (unpaired) electrons. The molecule has 120 valence electrons. The zero-order valence-corrected chi connectivity index (χ0v) is 14.3. The number of ketones is 1. The lowest BCUT2D eigenvalue weighted by Crippen LogP contribution is -2.14. The van der Waals surface area contributed by atoms with E-state index in [1.807, 2.05) is 50.2 Å². The maximum atomic E-state index is 12.9. The van der Waals surface area contributed by atoms with Crippen molar-refractivity contribution in [3.63, 3.8) is 0 Å². The van der Waals surface area contributed by atoms with Gasteiger partial charge < -0.3 is 5.32 Å². The summed E-state index contributed by atoms with van der Waals surface area (Å²) in [5.74, 6) is -0.278. The molecule has 0 aliphatic carbocycles. The second-order valence-corrected chi connectivity index (χ2v) is 6.73. The predicted octanol–water partition coefficient (Wildman–Crippen LogP) is 4.85. The minimum Gasteiger partial charge on any atom is -0.313 e. The molecule has 0 spiro atoms. The molecule has 3 nitrogen and oxygen atoms in total. The number of hydrogen-bond acceptors (Lipinski definition) is 3. The first-order valence-electron chi connectivity index (χ1n) is 7.64. The van der Waals surface area contributed by atoms with E-state index in [0.29, 0.717) is 21.7 Å². The molecule has 0 atom stereocenters. The summed E-state index contributed by atoms with van der Waals surface area (Å²) in [5.41, 5.74) is 2.68. The fourth-order valence-electron chi connectivity index (χ4n) is 2.49. The molecule has 1 amide bonds. The van der Waals surface area contributed by atoms with Crippen molar-refractivity contribution in [2.24, 2.45) is 0 Å². The summed E-state index contributed by atoms with van der Waals surface area (Å²) >= 11 is 1.43. The van der Waals surface area contributed by atoms with Gasteiger partial charge >= 0.3 is 0 Å². The lowest BCUT2D eigenvalue weighted by molar-refractivity contribution is 0.102. The van der Waals surface area contributed by atoms with E-state index in [2.05, 4.69) is 5.32 Å². The molecule has 0 fully saturated rings. The first kappa shape index (κ1) is 16.1. The van der Waals surface area contributed by atoms with Crippen molar-refractivity contribution in [1.29, 1.82) is 0 Å². The molecule has 24 heavy (non-hydrogen) atoms. The minimum atomic E-state index is -0.209. The van der Waals surface area contributed by atoms with Crippen LogP contribution in [0.5, 0.6) is 0 Å². The van der Waals surface area contributed by atoms with Gasteiger partial charge in [0.25, 0.3) is 5.91 Å². The standard InChI is InChI=1S/C20H17NO2S/c1-13-14(2)24-20(21-19(23)16-11-7-4-8-12-16)17(13)18(22)15-9-5-3-6-10-15/h3-12H,1-2H3,(H,21,23). The van der Waals surface area contributed by atoms with Gasteiger partial charge in [-0.05, 0) is 31.5 Å². The number of nitrogens with one attached hydrogen (secondary N) is 1. The number of benzene rings is 2. The Hall–Kier alpha value is -2.72. The van der Waals surface area contributed by atoms with Gasteiger partial charge in [0.1, 0.15) is 5.00 Å². The molecule has 4 heteroatoms. The van der Waals surface area contributed by atoms with Crippen LogP contribution in [0.4, 0.5) is 5.00 Å². The van der Waals surface area contributed by atoms with Gasteiger partial charge in [-0.2, -0.15) is 0 Å². The van der Waals surface area contributed by atoms with Gasteiger partial charge in [0.2, 0.25) is 0 Å². The Morgan fingerprint density at radius 2 is 1.38 bits per heavy atom. The third-order valence-corrected chi connectivity index (χ3v) is 5.03. The molecular formula is C20H17NO2S. The quantitative estimate of drug-likeness (QED) is 0.693. The zero-order chi connectivity index (χ0) is 17.1. The fraction of sp³-hybridized carbons (Fsp3) is 0.100. The van der Waals surface area contributed by atoms with Crippen LogP contribution in [0.2, 0.25) is 0 Å². The molecule has 0 aliphatic heterocycles. The number of carbonyl (C=O) groups excluding carboxylic acids is 2. The van der Waals surface area contributed by atoms with Gasteiger partial charge in [0.15, 0.2) is 5.78 Å². The first-order chi connectivity index (χ1) is 11.6. The molecule has 1 heterocycles. The van der Waals surface area contributed by atoms with Crippen LogP contribution >= 0.6 is 11.3 Å². The molecule has 3 aromatic rings. The zero-order valence-electron chi connectivity index (χ0n) is 13.5. The van der Waals surface area contributed by atoms with Crippen LogP contribution in [0.25, 0.3) is 0 Å². The second kappa shape index (κ2) is 6.81. The van der Waals surface area contributed by atoms with Crippen LogP contribution in [-0.4, -0.2) is 11.7 Å². The number of carbonyl (C=O) groups is 2. The molecule has 3 rings (SSSR count). The van der Waals surface area contributed by atoms with Crippen LogP contribution in [-0.2, 0) is 0 Å². The minimum absolute atomic E-state index is 0.0687. The second-order valence-electron chi connectivity index (χ2n) is 5.50. The van der Waals surface area contributed by atoms with Gasteiger partial charge in [0, 0.05) is 16.0 Å². The number of rotatable bonds is 4. The molecule has 1 aromatic heterocycles. The smallest absolute Gasteiger partial charge is 0.256 e. The van der Waals surface area contributed by atoms with Crippen LogP contribution in [0, 0.1) is 13.8 Å². The van der Waals surface area contributed by atoms with Crippen LogP contribution < -0.4 is 5.32 Å². The Balaban J connectivity index is 1.96. The molecule has 0 saturated carbocycles. The molecule has 0 bridgehead atoms. The lowest BCUT2D eigenvalue weighted by atomic mass is 10.0. The van der Waals surface area contributed by atoms with Crippen molar-refractivity contribution in [2.75, 3.05) is 5.32 Å². The van der Waals surface area contributed by atoms with Gasteiger partial charge in [0.05, 0.1) is 5.56 Å². The highest BCUT2D eigenvalue weighted by molar-refractivity contribution is 7.17. The molecule has 0 unspecified atom stereocenters. The number of hydrogen-bond donors (Lipinski definition) is 1. The summed E-state index contributed by atoms with van der Waals surface area (Å²) in [6.07, 6.45) is 0. The van der Waals surface area contributed by atoms with Gasteiger partial charge in [-0.25, -0.2) is 0 Å². The molecular weight excluding hydrogens is 318 g/mol. The molecule has 0 saturated heterocycles. The summed E-state index contributed by atoms with van der Waals surface area (Å²) in [4.78, 5) is 26.3. The van der Waals surface area contributed by atoms with E-state index >= 15 is 0 Å². The number of amides is 1. The monoisotopic (exact) mass is 335 g/mol. The predicted molar refractivity (Wildman–Crippen MR) is 98.1 cm³/mol. The topological polar surface area (TPSA) is 46.2 Å². The number of aryl methyl sites for hydroxylation is 1. The van der Waals surface area contributed by atoms with Gasteiger partial charge in [-0.3, -0.25) is 9.59 Å². The van der Waals surface area contributed by atoms with Crippen LogP contribution in [0.15, 0.2) is 60.7 Å². The summed E-state index contributed by atoms with van der Waals surface area (Å²) in [7, 11) is 0. The van der Waals surface area contributed by atoms with E-state index in [-0.39, 0.29) is 11.7 Å². The molecule has 0 aliphatic rings. The van der Waals surface area contributed by atoms with Crippen molar-refractivity contribution < 1.29 is 9.59 Å². The lowest BCUT2D eigenvalue weighted by Gasteiger charge is -2.07. The Kier molecular flexibility index (Phi) is 4.58. The van der Waals surface area contributed by atoms with E-state index in [1.54, 1.807) is 24.3 Å². The summed E-state index contributed by atoms with van der Waals surface area (Å²) < 4.78 is 0. The van der Waals surface area contributed by atoms with Crippen LogP contribution in [0.3, 0.4) is 0 Å².